The van der Waals surface area contributed by atoms with E-state index in [4.69, 9.17) is 4.74 Å². The van der Waals surface area contributed by atoms with Gasteiger partial charge in [-0.15, -0.1) is 0 Å². The molecule has 1 saturated heterocycles. The number of ether oxygens (including phenoxy) is 1. The van der Waals surface area contributed by atoms with Crippen molar-refractivity contribution in [2.24, 2.45) is 10.8 Å². The lowest BCUT2D eigenvalue weighted by Gasteiger charge is -2.43. The molecule has 1 aromatic carbocycles. The van der Waals surface area contributed by atoms with Gasteiger partial charge in [0.15, 0.2) is 11.6 Å². The lowest BCUT2D eigenvalue weighted by Crippen LogP contribution is -2.45. The molecule has 2 unspecified atom stereocenters. The maximum atomic E-state index is 13.8. The first kappa shape index (κ1) is 20.1. The minimum atomic E-state index is -0.887. The largest absolute Gasteiger partial charge is 0.441 e. The molecule has 7 heteroatoms. The molecule has 1 spiro atoms. The van der Waals surface area contributed by atoms with Gasteiger partial charge in [0.1, 0.15) is 5.60 Å². The second-order valence-electron chi connectivity index (χ2n) is 10.4. The smallest absolute Gasteiger partial charge is 0.410 e. The Hall–Kier alpha value is -2.18. The zero-order valence-electron chi connectivity index (χ0n) is 17.6. The van der Waals surface area contributed by atoms with Crippen LogP contribution in [0.2, 0.25) is 0 Å². The molecule has 2 heterocycles. The fourth-order valence-electron chi connectivity index (χ4n) is 5.13. The maximum Gasteiger partial charge on any atom is 0.410 e. The van der Waals surface area contributed by atoms with Crippen LogP contribution in [-0.2, 0) is 11.3 Å². The zero-order chi connectivity index (χ0) is 21.0. The van der Waals surface area contributed by atoms with Gasteiger partial charge in [0.05, 0.1) is 23.9 Å². The first-order chi connectivity index (χ1) is 13.5. The minimum absolute atomic E-state index is 0.0115. The van der Waals surface area contributed by atoms with E-state index in [1.807, 2.05) is 9.47 Å². The van der Waals surface area contributed by atoms with Crippen molar-refractivity contribution in [2.45, 2.75) is 65.5 Å². The van der Waals surface area contributed by atoms with Crippen molar-refractivity contribution in [3.8, 4) is 0 Å². The molecule has 0 N–H and O–H groups in total. The summed E-state index contributed by atoms with van der Waals surface area (Å²) in [5.41, 5.74) is 0.444. The molecule has 5 nitrogen and oxygen atoms in total. The Morgan fingerprint density at radius 3 is 2.66 bits per heavy atom. The Balaban J connectivity index is 1.55. The van der Waals surface area contributed by atoms with E-state index in [0.29, 0.717) is 30.7 Å². The van der Waals surface area contributed by atoms with Crippen LogP contribution in [0, 0.1) is 22.5 Å². The number of hydrogen-bond acceptors (Lipinski definition) is 3. The van der Waals surface area contributed by atoms with E-state index < -0.39 is 17.2 Å². The van der Waals surface area contributed by atoms with Crippen LogP contribution in [0.5, 0.6) is 0 Å². The number of amides is 1. The molecular formula is C22H29F2N3O2. The summed E-state index contributed by atoms with van der Waals surface area (Å²) in [6, 6.07) is 2.34. The molecule has 2 atom stereocenters. The molecule has 1 amide bonds. The highest BCUT2D eigenvalue weighted by Gasteiger charge is 2.51. The third-order valence-corrected chi connectivity index (χ3v) is 6.08. The molecule has 1 aliphatic carbocycles. The molecule has 2 aliphatic rings. The van der Waals surface area contributed by atoms with Crippen LogP contribution in [0.25, 0.3) is 11.0 Å². The second kappa shape index (κ2) is 6.67. The van der Waals surface area contributed by atoms with Gasteiger partial charge < -0.3 is 14.2 Å². The number of imidazole rings is 1. The number of fused-ring (bicyclic) bond motifs is 1. The van der Waals surface area contributed by atoms with E-state index in [2.05, 4.69) is 32.7 Å². The van der Waals surface area contributed by atoms with Crippen molar-refractivity contribution in [3.05, 3.63) is 30.1 Å². The SMILES string of the molecule is CC(C)(C)CN1CC2(CCCC(C)(Cn3cnc4cc(F)c(F)cc43)C2)OC1=O. The van der Waals surface area contributed by atoms with Gasteiger partial charge in [0.2, 0.25) is 0 Å². The van der Waals surface area contributed by atoms with Crippen molar-refractivity contribution in [1.29, 1.82) is 0 Å². The lowest BCUT2D eigenvalue weighted by molar-refractivity contribution is -0.0270. The Labute approximate surface area is 170 Å². The quantitative estimate of drug-likeness (QED) is 0.711. The zero-order valence-corrected chi connectivity index (χ0v) is 17.6. The van der Waals surface area contributed by atoms with Crippen molar-refractivity contribution < 1.29 is 18.3 Å². The lowest BCUT2D eigenvalue weighted by atomic mass is 9.68. The van der Waals surface area contributed by atoms with Crippen LogP contribution >= 0.6 is 0 Å². The highest BCUT2D eigenvalue weighted by Crippen LogP contribution is 2.47. The molecule has 2 aromatic rings. The molecule has 2 fully saturated rings. The van der Waals surface area contributed by atoms with Gasteiger partial charge in [-0.25, -0.2) is 18.6 Å². The van der Waals surface area contributed by atoms with Crippen molar-refractivity contribution in [3.63, 3.8) is 0 Å². The van der Waals surface area contributed by atoms with E-state index in [1.54, 1.807) is 6.33 Å². The average molecular weight is 405 g/mol. The number of aromatic nitrogens is 2. The number of carbonyl (C=O) groups excluding carboxylic acids is 1. The summed E-state index contributed by atoms with van der Waals surface area (Å²) in [4.78, 5) is 18.6. The molecular weight excluding hydrogens is 376 g/mol. The van der Waals surface area contributed by atoms with Gasteiger partial charge in [-0.3, -0.25) is 0 Å². The summed E-state index contributed by atoms with van der Waals surface area (Å²) >= 11 is 0. The van der Waals surface area contributed by atoms with Gasteiger partial charge in [-0.05, 0) is 36.5 Å². The van der Waals surface area contributed by atoms with Crippen LogP contribution < -0.4 is 0 Å². The van der Waals surface area contributed by atoms with E-state index in [1.165, 1.54) is 6.07 Å². The second-order valence-corrected chi connectivity index (χ2v) is 10.4. The molecule has 0 radical (unpaired) electrons. The number of nitrogens with zero attached hydrogens (tertiary/aromatic N) is 3. The van der Waals surface area contributed by atoms with Gasteiger partial charge >= 0.3 is 6.09 Å². The number of benzene rings is 1. The van der Waals surface area contributed by atoms with Crippen LogP contribution in [0.3, 0.4) is 0 Å². The Bertz CT molecular complexity index is 951. The van der Waals surface area contributed by atoms with Gasteiger partial charge in [0, 0.05) is 25.2 Å². The highest BCUT2D eigenvalue weighted by atomic mass is 19.2. The van der Waals surface area contributed by atoms with E-state index in [0.717, 1.165) is 31.7 Å². The maximum absolute atomic E-state index is 13.8. The molecule has 1 aromatic heterocycles. The van der Waals surface area contributed by atoms with Gasteiger partial charge in [-0.2, -0.15) is 0 Å². The summed E-state index contributed by atoms with van der Waals surface area (Å²) in [5.74, 6) is -1.76. The molecule has 1 aliphatic heterocycles. The van der Waals surface area contributed by atoms with E-state index in [9.17, 15) is 13.6 Å². The predicted molar refractivity (Wildman–Crippen MR) is 106 cm³/mol. The third kappa shape index (κ3) is 3.96. The van der Waals surface area contributed by atoms with Crippen molar-refractivity contribution in [1.82, 2.24) is 14.5 Å². The minimum Gasteiger partial charge on any atom is -0.441 e. The molecule has 4 rings (SSSR count). The summed E-state index contributed by atoms with van der Waals surface area (Å²) in [6.07, 6.45) is 4.96. The molecule has 0 bridgehead atoms. The number of carbonyl (C=O) groups is 1. The number of halogens is 2. The van der Waals surface area contributed by atoms with Gasteiger partial charge in [0.25, 0.3) is 0 Å². The first-order valence-electron chi connectivity index (χ1n) is 10.3. The topological polar surface area (TPSA) is 47.4 Å². The van der Waals surface area contributed by atoms with Crippen molar-refractivity contribution in [2.75, 3.05) is 13.1 Å². The van der Waals surface area contributed by atoms with E-state index >= 15 is 0 Å². The predicted octanol–water partition coefficient (Wildman–Crippen LogP) is 5.13. The first-order valence-corrected chi connectivity index (χ1v) is 10.3. The van der Waals surface area contributed by atoms with Crippen LogP contribution in [0.4, 0.5) is 13.6 Å². The Morgan fingerprint density at radius 2 is 1.93 bits per heavy atom. The van der Waals surface area contributed by atoms with Gasteiger partial charge in [-0.1, -0.05) is 27.7 Å². The number of rotatable bonds is 3. The molecule has 158 valence electrons. The summed E-state index contributed by atoms with van der Waals surface area (Å²) in [5, 5.41) is 0. The fraction of sp³-hybridized carbons (Fsp3) is 0.636. The van der Waals surface area contributed by atoms with Crippen LogP contribution in [0.1, 0.15) is 53.4 Å². The average Bonchev–Trinajstić information content (AvgIpc) is 3.07. The Kier molecular flexibility index (Phi) is 4.63. The molecule has 29 heavy (non-hydrogen) atoms. The normalized spacial score (nSPS) is 27.8. The van der Waals surface area contributed by atoms with Crippen molar-refractivity contribution >= 4 is 17.1 Å². The standard InChI is InChI=1S/C22H29F2N3O2/c1-20(2,3)11-26-13-22(29-19(26)28)7-5-6-21(4,10-22)12-27-14-25-17-8-15(23)16(24)9-18(17)27/h8-9,14H,5-7,10-13H2,1-4H3. The fourth-order valence-corrected chi connectivity index (χ4v) is 5.13. The van der Waals surface area contributed by atoms with Crippen LogP contribution in [0.15, 0.2) is 18.5 Å². The third-order valence-electron chi connectivity index (χ3n) is 6.08. The summed E-state index contributed by atoms with van der Waals surface area (Å²) in [7, 11) is 0. The summed E-state index contributed by atoms with van der Waals surface area (Å²) in [6.45, 7) is 10.4. The highest BCUT2D eigenvalue weighted by molar-refractivity contribution is 5.75. The summed E-state index contributed by atoms with van der Waals surface area (Å²) < 4.78 is 35.1. The van der Waals surface area contributed by atoms with E-state index in [-0.39, 0.29) is 16.9 Å². The molecule has 1 saturated carbocycles. The monoisotopic (exact) mass is 405 g/mol. The van der Waals surface area contributed by atoms with Crippen LogP contribution in [-0.4, -0.2) is 39.2 Å². The number of hydrogen-bond donors (Lipinski definition) is 0. The Morgan fingerprint density at radius 1 is 1.21 bits per heavy atom.